The predicted molar refractivity (Wildman–Crippen MR) is 128 cm³/mol. The summed E-state index contributed by atoms with van der Waals surface area (Å²) < 4.78 is 2.90. The van der Waals surface area contributed by atoms with Crippen LogP contribution in [0.3, 0.4) is 0 Å². The number of thioether (sulfide) groups is 1. The highest BCUT2D eigenvalue weighted by molar-refractivity contribution is 9.10. The third kappa shape index (κ3) is 3.80. The van der Waals surface area contributed by atoms with E-state index in [1.807, 2.05) is 28.8 Å². The smallest absolute Gasteiger partial charge is 0.262 e. The summed E-state index contributed by atoms with van der Waals surface area (Å²) in [7, 11) is 0. The van der Waals surface area contributed by atoms with Crippen molar-refractivity contribution in [3.63, 3.8) is 0 Å². The third-order valence-electron chi connectivity index (χ3n) is 6.20. The number of carbonyl (C=O) groups excluding carboxylic acids is 1. The molecule has 2 aromatic heterocycles. The fourth-order valence-corrected chi connectivity index (χ4v) is 7.02. The normalized spacial score (nSPS) is 16.8. The molecule has 0 aliphatic heterocycles. The van der Waals surface area contributed by atoms with Crippen molar-refractivity contribution < 1.29 is 4.79 Å². The van der Waals surface area contributed by atoms with Gasteiger partial charge in [-0.15, -0.1) is 11.3 Å². The molecule has 5 rings (SSSR count). The molecular formula is C23H23BrN2O2S2. The molecule has 0 bridgehead atoms. The van der Waals surface area contributed by atoms with E-state index in [9.17, 15) is 9.59 Å². The maximum Gasteiger partial charge on any atom is 0.262 e. The first-order chi connectivity index (χ1) is 14.6. The molecule has 0 amide bonds. The minimum atomic E-state index is 0.0146. The van der Waals surface area contributed by atoms with E-state index in [2.05, 4.69) is 15.9 Å². The van der Waals surface area contributed by atoms with Crippen molar-refractivity contribution in [2.24, 2.45) is 0 Å². The largest absolute Gasteiger partial charge is 0.292 e. The molecule has 1 fully saturated rings. The Hall–Kier alpha value is -1.44. The fourth-order valence-electron chi connectivity index (χ4n) is 4.71. The van der Waals surface area contributed by atoms with E-state index in [0.29, 0.717) is 11.3 Å². The minimum absolute atomic E-state index is 0.0146. The second kappa shape index (κ2) is 8.60. The molecule has 0 unspecified atom stereocenters. The van der Waals surface area contributed by atoms with E-state index in [-0.39, 0.29) is 16.7 Å². The molecule has 4 nitrogen and oxygen atoms in total. The summed E-state index contributed by atoms with van der Waals surface area (Å²) in [6, 6.07) is 7.62. The first-order valence-corrected chi connectivity index (χ1v) is 13.2. The van der Waals surface area contributed by atoms with E-state index >= 15 is 0 Å². The van der Waals surface area contributed by atoms with Gasteiger partial charge >= 0.3 is 0 Å². The van der Waals surface area contributed by atoms with Crippen molar-refractivity contribution in [1.29, 1.82) is 0 Å². The zero-order chi connectivity index (χ0) is 20.7. The highest BCUT2D eigenvalue weighted by Gasteiger charge is 2.27. The Labute approximate surface area is 192 Å². The zero-order valence-corrected chi connectivity index (χ0v) is 19.9. The van der Waals surface area contributed by atoms with E-state index in [4.69, 9.17) is 4.98 Å². The van der Waals surface area contributed by atoms with Crippen LogP contribution in [0, 0.1) is 0 Å². The summed E-state index contributed by atoms with van der Waals surface area (Å²) in [5.41, 5.74) is 2.03. The van der Waals surface area contributed by atoms with E-state index in [0.717, 1.165) is 65.5 Å². The molecule has 30 heavy (non-hydrogen) atoms. The monoisotopic (exact) mass is 502 g/mol. The Balaban J connectivity index is 1.52. The topological polar surface area (TPSA) is 52.0 Å². The van der Waals surface area contributed by atoms with Crippen LogP contribution in [0.4, 0.5) is 0 Å². The Morgan fingerprint density at radius 3 is 2.67 bits per heavy atom. The lowest BCUT2D eigenvalue weighted by Crippen LogP contribution is -2.30. The Kier molecular flexibility index (Phi) is 5.86. The van der Waals surface area contributed by atoms with Gasteiger partial charge in [0.15, 0.2) is 0 Å². The lowest BCUT2D eigenvalue weighted by atomic mass is 9.95. The van der Waals surface area contributed by atoms with Crippen LogP contribution in [-0.4, -0.2) is 14.7 Å². The zero-order valence-electron chi connectivity index (χ0n) is 16.7. The quantitative estimate of drug-likeness (QED) is 0.420. The molecule has 2 heterocycles. The van der Waals surface area contributed by atoms with Gasteiger partial charge in [0.2, 0.25) is 5.12 Å². The number of aromatic nitrogens is 2. The predicted octanol–water partition coefficient (Wildman–Crippen LogP) is 6.29. The molecule has 2 aliphatic rings. The highest BCUT2D eigenvalue weighted by Crippen LogP contribution is 2.36. The number of rotatable bonds is 4. The second-order valence-electron chi connectivity index (χ2n) is 8.12. The van der Waals surface area contributed by atoms with Gasteiger partial charge in [-0.2, -0.15) is 0 Å². The molecule has 1 saturated carbocycles. The standard InChI is InChI=1S/C23H23BrN2O2S2/c24-15-11-9-14(10-12-15)23(28)29-13-19-25-21-20(17-7-4-8-18(17)30-21)22(27)26(19)16-5-2-1-3-6-16/h9-12,16H,1-8,13H2. The number of aryl methyl sites for hydroxylation is 2. The van der Waals surface area contributed by atoms with Gasteiger partial charge < -0.3 is 0 Å². The van der Waals surface area contributed by atoms with Gasteiger partial charge in [-0.25, -0.2) is 4.98 Å². The summed E-state index contributed by atoms with van der Waals surface area (Å²) in [5.74, 6) is 1.19. The number of carbonyl (C=O) groups is 1. The SMILES string of the molecule is O=C(SCc1nc2sc3c(c2c(=O)n1C1CCCCC1)CCC3)c1ccc(Br)cc1. The van der Waals surface area contributed by atoms with E-state index in [1.165, 1.54) is 28.6 Å². The van der Waals surface area contributed by atoms with Crippen LogP contribution in [0.25, 0.3) is 10.2 Å². The summed E-state index contributed by atoms with van der Waals surface area (Å²) in [4.78, 5) is 33.5. The Bertz CT molecular complexity index is 1160. The lowest BCUT2D eigenvalue weighted by Gasteiger charge is -2.26. The number of halogens is 1. The highest BCUT2D eigenvalue weighted by atomic mass is 79.9. The van der Waals surface area contributed by atoms with Crippen molar-refractivity contribution >= 4 is 54.4 Å². The maximum atomic E-state index is 13.7. The summed E-state index contributed by atoms with van der Waals surface area (Å²) in [6.45, 7) is 0. The molecule has 0 spiro atoms. The van der Waals surface area contributed by atoms with Gasteiger partial charge in [0.05, 0.1) is 11.1 Å². The first kappa shape index (κ1) is 20.5. The number of nitrogens with zero attached hydrogens (tertiary/aromatic N) is 2. The lowest BCUT2D eigenvalue weighted by molar-refractivity contribution is 0.108. The van der Waals surface area contributed by atoms with Gasteiger partial charge in [-0.05, 0) is 61.9 Å². The van der Waals surface area contributed by atoms with Crippen LogP contribution in [0.2, 0.25) is 0 Å². The molecule has 1 aromatic carbocycles. The summed E-state index contributed by atoms with van der Waals surface area (Å²) in [6.07, 6.45) is 8.79. The Morgan fingerprint density at radius 1 is 1.13 bits per heavy atom. The van der Waals surface area contributed by atoms with Crippen molar-refractivity contribution in [1.82, 2.24) is 9.55 Å². The summed E-state index contributed by atoms with van der Waals surface area (Å²) in [5, 5.41) is 0.867. The molecular weight excluding hydrogens is 480 g/mol. The van der Waals surface area contributed by atoms with Crippen molar-refractivity contribution in [2.75, 3.05) is 0 Å². The van der Waals surface area contributed by atoms with Crippen LogP contribution in [-0.2, 0) is 18.6 Å². The van der Waals surface area contributed by atoms with Crippen LogP contribution in [0.1, 0.15) is 71.2 Å². The molecule has 7 heteroatoms. The van der Waals surface area contributed by atoms with Crippen molar-refractivity contribution in [2.45, 2.75) is 63.2 Å². The molecule has 156 valence electrons. The Morgan fingerprint density at radius 2 is 1.90 bits per heavy atom. The number of fused-ring (bicyclic) bond motifs is 3. The van der Waals surface area contributed by atoms with Gasteiger partial charge in [0.25, 0.3) is 5.56 Å². The van der Waals surface area contributed by atoms with Gasteiger partial charge in [0, 0.05) is 21.0 Å². The second-order valence-corrected chi connectivity index (χ2v) is 11.1. The van der Waals surface area contributed by atoms with Gasteiger partial charge in [0.1, 0.15) is 10.7 Å². The number of hydrogen-bond acceptors (Lipinski definition) is 5. The van der Waals surface area contributed by atoms with Crippen LogP contribution in [0.5, 0.6) is 0 Å². The molecule has 3 aromatic rings. The van der Waals surface area contributed by atoms with Crippen LogP contribution in [0.15, 0.2) is 33.5 Å². The van der Waals surface area contributed by atoms with E-state index < -0.39 is 0 Å². The molecule has 0 saturated heterocycles. The van der Waals surface area contributed by atoms with Crippen molar-refractivity contribution in [3.8, 4) is 0 Å². The van der Waals surface area contributed by atoms with Gasteiger partial charge in [-0.1, -0.05) is 47.0 Å². The molecule has 2 aliphatic carbocycles. The maximum absolute atomic E-state index is 13.7. The molecule has 0 radical (unpaired) electrons. The third-order valence-corrected chi connectivity index (χ3v) is 8.81. The number of hydrogen-bond donors (Lipinski definition) is 0. The fraction of sp³-hybridized carbons (Fsp3) is 0.435. The van der Waals surface area contributed by atoms with E-state index in [1.54, 1.807) is 11.3 Å². The number of benzene rings is 1. The first-order valence-electron chi connectivity index (χ1n) is 10.6. The van der Waals surface area contributed by atoms with Crippen LogP contribution < -0.4 is 5.56 Å². The van der Waals surface area contributed by atoms with Gasteiger partial charge in [-0.3, -0.25) is 14.2 Å². The summed E-state index contributed by atoms with van der Waals surface area (Å²) >= 11 is 6.33. The minimum Gasteiger partial charge on any atom is -0.292 e. The van der Waals surface area contributed by atoms with Crippen molar-refractivity contribution in [3.05, 3.63) is 60.9 Å². The average Bonchev–Trinajstić information content (AvgIpc) is 3.34. The number of thiophene rings is 1. The average molecular weight is 503 g/mol. The molecule has 0 atom stereocenters. The van der Waals surface area contributed by atoms with Crippen LogP contribution >= 0.6 is 39.0 Å². The molecule has 0 N–H and O–H groups in total.